The monoisotopic (exact) mass is 275 g/mol. The van der Waals surface area contributed by atoms with Gasteiger partial charge in [-0.15, -0.1) is 0 Å². The van der Waals surface area contributed by atoms with Crippen molar-refractivity contribution in [2.24, 2.45) is 0 Å². The van der Waals surface area contributed by atoms with Crippen molar-refractivity contribution < 1.29 is 4.74 Å². The molecule has 1 aliphatic rings. The van der Waals surface area contributed by atoms with Crippen LogP contribution in [0.1, 0.15) is 75.6 Å². The van der Waals surface area contributed by atoms with Gasteiger partial charge in [-0.2, -0.15) is 0 Å². The quantitative estimate of drug-likeness (QED) is 0.811. The lowest BCUT2D eigenvalue weighted by Gasteiger charge is -2.22. The molecule has 2 atom stereocenters. The van der Waals surface area contributed by atoms with Crippen LogP contribution in [0.3, 0.4) is 0 Å². The number of fused-ring (bicyclic) bond motifs is 1. The highest BCUT2D eigenvalue weighted by Crippen LogP contribution is 2.44. The molecule has 1 aromatic carbocycles. The summed E-state index contributed by atoms with van der Waals surface area (Å²) >= 11 is 0. The third-order valence-corrected chi connectivity index (χ3v) is 4.19. The molecule has 1 heterocycles. The molecule has 0 aromatic heterocycles. The van der Waals surface area contributed by atoms with E-state index in [0.29, 0.717) is 18.1 Å². The molecule has 2 unspecified atom stereocenters. The number of ether oxygens (including phenoxy) is 1. The Hall–Kier alpha value is -1.02. The molecule has 0 radical (unpaired) electrons. The summed E-state index contributed by atoms with van der Waals surface area (Å²) in [5.74, 6) is 1.68. The highest BCUT2D eigenvalue weighted by Gasteiger charge is 2.36. The van der Waals surface area contributed by atoms with E-state index in [1.54, 1.807) is 0 Å². The second-order valence-corrected chi connectivity index (χ2v) is 6.25. The van der Waals surface area contributed by atoms with E-state index in [1.165, 1.54) is 23.1 Å². The van der Waals surface area contributed by atoms with Gasteiger partial charge in [0.25, 0.3) is 0 Å². The van der Waals surface area contributed by atoms with Gasteiger partial charge in [-0.05, 0) is 43.4 Å². The van der Waals surface area contributed by atoms with Crippen molar-refractivity contribution in [3.8, 4) is 5.75 Å². The Bertz CT molecular complexity index is 453. The summed E-state index contributed by atoms with van der Waals surface area (Å²) in [6, 6.07) is 4.86. The minimum absolute atomic E-state index is 0.292. The summed E-state index contributed by atoms with van der Waals surface area (Å²) in [4.78, 5) is 0. The number of hydrogen-bond acceptors (Lipinski definition) is 2. The second kappa shape index (κ2) is 6.62. The lowest BCUT2D eigenvalue weighted by atomic mass is 9.89. The molecule has 0 saturated carbocycles. The Morgan fingerprint density at radius 2 is 1.95 bits per heavy atom. The van der Waals surface area contributed by atoms with Gasteiger partial charge in [0.05, 0.1) is 6.04 Å². The van der Waals surface area contributed by atoms with E-state index < -0.39 is 0 Å². The van der Waals surface area contributed by atoms with Crippen LogP contribution in [0.25, 0.3) is 0 Å². The summed E-state index contributed by atoms with van der Waals surface area (Å²) in [5.41, 5.74) is 4.14. The lowest BCUT2D eigenvalue weighted by Crippen LogP contribution is -2.32. The number of rotatable bonds is 6. The fourth-order valence-corrected chi connectivity index (χ4v) is 3.15. The molecule has 20 heavy (non-hydrogen) atoms. The Morgan fingerprint density at radius 3 is 2.55 bits per heavy atom. The van der Waals surface area contributed by atoms with Crippen LogP contribution in [0.15, 0.2) is 12.1 Å². The van der Waals surface area contributed by atoms with E-state index in [9.17, 15) is 0 Å². The highest BCUT2D eigenvalue weighted by molar-refractivity contribution is 5.52. The molecular weight excluding hydrogens is 246 g/mol. The van der Waals surface area contributed by atoms with Crippen LogP contribution < -0.4 is 10.1 Å². The third-order valence-electron chi connectivity index (χ3n) is 4.19. The van der Waals surface area contributed by atoms with Crippen molar-refractivity contribution >= 4 is 0 Å². The Balaban J connectivity index is 2.41. The molecule has 0 aliphatic carbocycles. The Labute approximate surface area is 123 Å². The van der Waals surface area contributed by atoms with Crippen LogP contribution in [0, 0.1) is 6.92 Å². The van der Waals surface area contributed by atoms with Crippen molar-refractivity contribution in [1.29, 1.82) is 0 Å². The van der Waals surface area contributed by atoms with E-state index in [2.05, 4.69) is 52.1 Å². The summed E-state index contributed by atoms with van der Waals surface area (Å²) in [6.45, 7) is 12.2. The maximum Gasteiger partial charge on any atom is 0.127 e. The van der Waals surface area contributed by atoms with Gasteiger partial charge in [0, 0.05) is 5.56 Å². The van der Waals surface area contributed by atoms with Gasteiger partial charge in [-0.1, -0.05) is 46.2 Å². The van der Waals surface area contributed by atoms with Crippen molar-refractivity contribution in [1.82, 2.24) is 5.32 Å². The van der Waals surface area contributed by atoms with Crippen molar-refractivity contribution in [3.05, 3.63) is 28.8 Å². The first-order chi connectivity index (χ1) is 9.60. The maximum absolute atomic E-state index is 6.32. The number of aryl methyl sites for hydroxylation is 1. The van der Waals surface area contributed by atoms with Crippen LogP contribution in [-0.4, -0.2) is 12.6 Å². The normalized spacial score (nSPS) is 21.1. The first kappa shape index (κ1) is 15.4. The predicted molar refractivity (Wildman–Crippen MR) is 85.6 cm³/mol. The number of benzene rings is 1. The van der Waals surface area contributed by atoms with Crippen LogP contribution in [-0.2, 0) is 0 Å². The van der Waals surface area contributed by atoms with E-state index >= 15 is 0 Å². The first-order valence-corrected chi connectivity index (χ1v) is 8.13. The van der Waals surface area contributed by atoms with Gasteiger partial charge in [0.15, 0.2) is 0 Å². The summed E-state index contributed by atoms with van der Waals surface area (Å²) in [6.07, 6.45) is 3.74. The topological polar surface area (TPSA) is 21.3 Å². The highest BCUT2D eigenvalue weighted by atomic mass is 16.5. The lowest BCUT2D eigenvalue weighted by molar-refractivity contribution is 0.177. The standard InChI is InChI=1S/C18H29NO/c1-6-8-15-17(19-11-7-2)16-14(12(3)4)10-9-13(5)18(16)20-15/h9-10,12,15,17,19H,6-8,11H2,1-5H3. The molecule has 2 heteroatoms. The minimum Gasteiger partial charge on any atom is -0.488 e. The van der Waals surface area contributed by atoms with Crippen molar-refractivity contribution in [3.63, 3.8) is 0 Å². The number of nitrogens with one attached hydrogen (secondary N) is 1. The van der Waals surface area contributed by atoms with Crippen LogP contribution in [0.2, 0.25) is 0 Å². The maximum atomic E-state index is 6.32. The van der Waals surface area contributed by atoms with Crippen LogP contribution >= 0.6 is 0 Å². The van der Waals surface area contributed by atoms with E-state index in [1.807, 2.05) is 0 Å². The number of hydrogen-bond donors (Lipinski definition) is 1. The zero-order valence-corrected chi connectivity index (χ0v) is 13.6. The smallest absolute Gasteiger partial charge is 0.127 e. The minimum atomic E-state index is 0.292. The molecule has 0 fully saturated rings. The largest absolute Gasteiger partial charge is 0.488 e. The summed E-state index contributed by atoms with van der Waals surface area (Å²) in [5, 5.41) is 3.72. The molecule has 1 N–H and O–H groups in total. The molecular formula is C18H29NO. The fourth-order valence-electron chi connectivity index (χ4n) is 3.15. The summed E-state index contributed by atoms with van der Waals surface area (Å²) < 4.78 is 6.32. The van der Waals surface area contributed by atoms with Gasteiger partial charge >= 0.3 is 0 Å². The van der Waals surface area contributed by atoms with Gasteiger partial charge in [0.2, 0.25) is 0 Å². The van der Waals surface area contributed by atoms with E-state index in [0.717, 1.165) is 25.1 Å². The van der Waals surface area contributed by atoms with Crippen molar-refractivity contribution in [2.45, 2.75) is 71.9 Å². The van der Waals surface area contributed by atoms with E-state index in [4.69, 9.17) is 4.74 Å². The van der Waals surface area contributed by atoms with Gasteiger partial charge in [-0.3, -0.25) is 0 Å². The Morgan fingerprint density at radius 1 is 1.20 bits per heavy atom. The SMILES string of the molecule is CCCNC1c2c(C(C)C)ccc(C)c2OC1CCC. The summed E-state index contributed by atoms with van der Waals surface area (Å²) in [7, 11) is 0. The molecule has 0 saturated heterocycles. The molecule has 0 bridgehead atoms. The third kappa shape index (κ3) is 2.85. The van der Waals surface area contributed by atoms with Crippen molar-refractivity contribution in [2.75, 3.05) is 6.54 Å². The van der Waals surface area contributed by atoms with Crippen LogP contribution in [0.4, 0.5) is 0 Å². The van der Waals surface area contributed by atoms with E-state index in [-0.39, 0.29) is 0 Å². The molecule has 0 amide bonds. The predicted octanol–water partition coefficient (Wildman–Crippen LogP) is 4.72. The molecule has 1 aliphatic heterocycles. The average Bonchev–Trinajstić information content (AvgIpc) is 2.76. The zero-order valence-electron chi connectivity index (χ0n) is 13.6. The molecule has 2 nitrogen and oxygen atoms in total. The molecule has 0 spiro atoms. The van der Waals surface area contributed by atoms with Gasteiger partial charge < -0.3 is 10.1 Å². The van der Waals surface area contributed by atoms with Gasteiger partial charge in [-0.25, -0.2) is 0 Å². The van der Waals surface area contributed by atoms with Gasteiger partial charge in [0.1, 0.15) is 11.9 Å². The molecule has 1 aromatic rings. The second-order valence-electron chi connectivity index (χ2n) is 6.25. The average molecular weight is 275 g/mol. The zero-order chi connectivity index (χ0) is 14.7. The first-order valence-electron chi connectivity index (χ1n) is 8.13. The molecule has 112 valence electrons. The Kier molecular flexibility index (Phi) is 5.09. The molecule has 2 rings (SSSR count). The van der Waals surface area contributed by atoms with Crippen LogP contribution in [0.5, 0.6) is 5.75 Å². The fraction of sp³-hybridized carbons (Fsp3) is 0.667.